The third kappa shape index (κ3) is 5.25. The van der Waals surface area contributed by atoms with Gasteiger partial charge in [-0.2, -0.15) is 11.8 Å². The predicted octanol–water partition coefficient (Wildman–Crippen LogP) is 3.05. The van der Waals surface area contributed by atoms with Crippen molar-refractivity contribution < 1.29 is 9.53 Å². The van der Waals surface area contributed by atoms with Gasteiger partial charge in [0.1, 0.15) is 0 Å². The molecule has 0 atom stereocenters. The Morgan fingerprint density at radius 2 is 1.95 bits per heavy atom. The van der Waals surface area contributed by atoms with Gasteiger partial charge in [-0.05, 0) is 24.7 Å². The van der Waals surface area contributed by atoms with E-state index in [4.69, 9.17) is 4.74 Å². The van der Waals surface area contributed by atoms with E-state index in [1.54, 1.807) is 0 Å². The second-order valence-corrected chi connectivity index (χ2v) is 5.33. The number of nitrogens with zero attached hydrogens (tertiary/aromatic N) is 1. The Hall–Kier alpha value is -1.00. The van der Waals surface area contributed by atoms with E-state index < -0.39 is 0 Å². The van der Waals surface area contributed by atoms with Crippen LogP contribution in [-0.2, 0) is 10.5 Å². The van der Waals surface area contributed by atoms with Gasteiger partial charge in [-0.25, -0.2) is 4.79 Å². The van der Waals surface area contributed by atoms with E-state index in [1.807, 2.05) is 36.0 Å². The molecule has 19 heavy (non-hydrogen) atoms. The quantitative estimate of drug-likeness (QED) is 0.541. The van der Waals surface area contributed by atoms with Crippen molar-refractivity contribution in [1.82, 2.24) is 4.90 Å². The average Bonchev–Trinajstić information content (AvgIpc) is 2.47. The minimum Gasteiger partial charge on any atom is -0.465 e. The number of ether oxygens (including phenoxy) is 1. The van der Waals surface area contributed by atoms with Crippen LogP contribution < -0.4 is 0 Å². The van der Waals surface area contributed by atoms with Crippen molar-refractivity contribution in [3.8, 4) is 0 Å². The van der Waals surface area contributed by atoms with Crippen LogP contribution >= 0.6 is 11.8 Å². The molecule has 0 bridgehead atoms. The highest BCUT2D eigenvalue weighted by atomic mass is 32.2. The summed E-state index contributed by atoms with van der Waals surface area (Å²) < 4.78 is 4.80. The molecule has 0 aliphatic carbocycles. The number of carbonyl (C=O) groups is 1. The highest BCUT2D eigenvalue weighted by molar-refractivity contribution is 7.98. The first-order chi connectivity index (χ1) is 9.22. The van der Waals surface area contributed by atoms with Crippen LogP contribution in [0, 0.1) is 0 Å². The van der Waals surface area contributed by atoms with Gasteiger partial charge in [0.05, 0.1) is 12.7 Å². The molecule has 0 heterocycles. The summed E-state index contributed by atoms with van der Waals surface area (Å²) in [7, 11) is 1.42. The van der Waals surface area contributed by atoms with E-state index in [2.05, 4.69) is 18.7 Å². The van der Waals surface area contributed by atoms with E-state index in [-0.39, 0.29) is 5.97 Å². The Bertz CT molecular complexity index is 391. The highest BCUT2D eigenvalue weighted by Crippen LogP contribution is 2.17. The Labute approximate surface area is 120 Å². The lowest BCUT2D eigenvalue weighted by Gasteiger charge is -2.17. The summed E-state index contributed by atoms with van der Waals surface area (Å²) in [6.07, 6.45) is 0. The summed E-state index contributed by atoms with van der Waals surface area (Å²) in [6.45, 7) is 7.64. The van der Waals surface area contributed by atoms with Crippen LogP contribution in [0.3, 0.4) is 0 Å². The van der Waals surface area contributed by atoms with Gasteiger partial charge in [-0.1, -0.05) is 32.0 Å². The predicted molar refractivity (Wildman–Crippen MR) is 81.7 cm³/mol. The fourth-order valence-electron chi connectivity index (χ4n) is 1.87. The molecular formula is C15H23NO2S. The number of benzene rings is 1. The number of carbonyl (C=O) groups excluding carboxylic acids is 1. The summed E-state index contributed by atoms with van der Waals surface area (Å²) in [6, 6.07) is 7.66. The van der Waals surface area contributed by atoms with Crippen LogP contribution in [0.5, 0.6) is 0 Å². The van der Waals surface area contributed by atoms with Gasteiger partial charge in [-0.3, -0.25) is 0 Å². The zero-order chi connectivity index (χ0) is 14.1. The van der Waals surface area contributed by atoms with E-state index >= 15 is 0 Å². The maximum absolute atomic E-state index is 11.6. The molecule has 4 heteroatoms. The molecule has 0 spiro atoms. The van der Waals surface area contributed by atoms with Crippen molar-refractivity contribution in [3.63, 3.8) is 0 Å². The highest BCUT2D eigenvalue weighted by Gasteiger charge is 2.10. The van der Waals surface area contributed by atoms with Gasteiger partial charge in [0.25, 0.3) is 0 Å². The lowest BCUT2D eigenvalue weighted by Crippen LogP contribution is -2.25. The molecule has 0 saturated carbocycles. The third-order valence-corrected chi connectivity index (χ3v) is 4.11. The second kappa shape index (κ2) is 8.99. The molecule has 0 amide bonds. The SMILES string of the molecule is CCN(CC)CCSCc1ccccc1C(=O)OC. The summed E-state index contributed by atoms with van der Waals surface area (Å²) in [5.41, 5.74) is 1.74. The number of thioether (sulfide) groups is 1. The first-order valence-electron chi connectivity index (χ1n) is 6.69. The topological polar surface area (TPSA) is 29.5 Å². The van der Waals surface area contributed by atoms with Crippen LogP contribution in [0.15, 0.2) is 24.3 Å². The van der Waals surface area contributed by atoms with Crippen LogP contribution in [-0.4, -0.2) is 43.4 Å². The number of hydrogen-bond donors (Lipinski definition) is 0. The molecule has 1 aromatic carbocycles. The van der Waals surface area contributed by atoms with Crippen LogP contribution in [0.1, 0.15) is 29.8 Å². The first kappa shape index (κ1) is 16.1. The van der Waals surface area contributed by atoms with Crippen molar-refractivity contribution in [2.24, 2.45) is 0 Å². The molecule has 1 aromatic rings. The molecule has 0 aromatic heterocycles. The summed E-state index contributed by atoms with van der Waals surface area (Å²) >= 11 is 1.86. The van der Waals surface area contributed by atoms with E-state index in [9.17, 15) is 4.79 Å². The average molecular weight is 281 g/mol. The zero-order valence-electron chi connectivity index (χ0n) is 12.0. The van der Waals surface area contributed by atoms with Gasteiger partial charge < -0.3 is 9.64 Å². The Morgan fingerprint density at radius 3 is 2.58 bits per heavy atom. The van der Waals surface area contributed by atoms with Crippen LogP contribution in [0.2, 0.25) is 0 Å². The largest absolute Gasteiger partial charge is 0.465 e. The van der Waals surface area contributed by atoms with Crippen molar-refractivity contribution >= 4 is 17.7 Å². The first-order valence-corrected chi connectivity index (χ1v) is 7.84. The van der Waals surface area contributed by atoms with Crippen molar-refractivity contribution in [3.05, 3.63) is 35.4 Å². The van der Waals surface area contributed by atoms with Gasteiger partial charge >= 0.3 is 5.97 Å². The Kier molecular flexibility index (Phi) is 7.60. The van der Waals surface area contributed by atoms with Gasteiger partial charge in [0, 0.05) is 18.1 Å². The monoisotopic (exact) mass is 281 g/mol. The van der Waals surface area contributed by atoms with Crippen LogP contribution in [0.25, 0.3) is 0 Å². The standard InChI is InChI=1S/C15H23NO2S/c1-4-16(5-2)10-11-19-12-13-8-6-7-9-14(13)15(17)18-3/h6-9H,4-5,10-12H2,1-3H3. The van der Waals surface area contributed by atoms with Gasteiger partial charge in [0.15, 0.2) is 0 Å². The molecule has 0 aliphatic rings. The maximum Gasteiger partial charge on any atom is 0.338 e. The second-order valence-electron chi connectivity index (χ2n) is 4.23. The number of rotatable bonds is 8. The minimum absolute atomic E-state index is 0.250. The Balaban J connectivity index is 2.47. The van der Waals surface area contributed by atoms with Crippen LogP contribution in [0.4, 0.5) is 0 Å². The van der Waals surface area contributed by atoms with Crippen molar-refractivity contribution in [2.75, 3.05) is 32.5 Å². The molecule has 106 valence electrons. The molecule has 0 saturated heterocycles. The van der Waals surface area contributed by atoms with Gasteiger partial charge in [0.2, 0.25) is 0 Å². The Morgan fingerprint density at radius 1 is 1.26 bits per heavy atom. The third-order valence-electron chi connectivity index (χ3n) is 3.13. The fourth-order valence-corrected chi connectivity index (χ4v) is 2.87. The zero-order valence-corrected chi connectivity index (χ0v) is 12.8. The smallest absolute Gasteiger partial charge is 0.338 e. The maximum atomic E-state index is 11.6. The summed E-state index contributed by atoms with van der Waals surface area (Å²) in [4.78, 5) is 14.0. The molecule has 3 nitrogen and oxygen atoms in total. The molecule has 1 rings (SSSR count). The molecule has 0 unspecified atom stereocenters. The molecule has 0 N–H and O–H groups in total. The van der Waals surface area contributed by atoms with E-state index in [0.29, 0.717) is 5.56 Å². The minimum atomic E-state index is -0.250. The number of hydrogen-bond acceptors (Lipinski definition) is 4. The summed E-state index contributed by atoms with van der Waals surface area (Å²) in [5, 5.41) is 0. The molecule has 0 aliphatic heterocycles. The molecular weight excluding hydrogens is 258 g/mol. The van der Waals surface area contributed by atoms with Crippen molar-refractivity contribution in [2.45, 2.75) is 19.6 Å². The van der Waals surface area contributed by atoms with Crippen molar-refractivity contribution in [1.29, 1.82) is 0 Å². The fraction of sp³-hybridized carbons (Fsp3) is 0.533. The lowest BCUT2D eigenvalue weighted by atomic mass is 10.1. The van der Waals surface area contributed by atoms with Gasteiger partial charge in [-0.15, -0.1) is 0 Å². The summed E-state index contributed by atoms with van der Waals surface area (Å²) in [5.74, 6) is 1.68. The molecule has 0 fully saturated rings. The van der Waals surface area contributed by atoms with E-state index in [1.165, 1.54) is 7.11 Å². The van der Waals surface area contributed by atoms with E-state index in [0.717, 1.165) is 36.7 Å². The number of esters is 1. The molecule has 0 radical (unpaired) electrons. The lowest BCUT2D eigenvalue weighted by molar-refractivity contribution is 0.0600. The number of methoxy groups -OCH3 is 1. The normalized spacial score (nSPS) is 10.7.